The summed E-state index contributed by atoms with van der Waals surface area (Å²) in [6.07, 6.45) is 4.79. The van der Waals surface area contributed by atoms with Gasteiger partial charge in [-0.25, -0.2) is 0 Å². The van der Waals surface area contributed by atoms with E-state index in [0.29, 0.717) is 12.1 Å². The molecule has 0 aromatic rings. The van der Waals surface area contributed by atoms with Crippen molar-refractivity contribution in [2.24, 2.45) is 0 Å². The maximum Gasteiger partial charge on any atom is 0.237 e. The van der Waals surface area contributed by atoms with Crippen LogP contribution in [-0.4, -0.2) is 37.2 Å². The Morgan fingerprint density at radius 1 is 1.27 bits per heavy atom. The van der Waals surface area contributed by atoms with Crippen LogP contribution >= 0.6 is 0 Å². The van der Waals surface area contributed by atoms with Crippen molar-refractivity contribution in [3.05, 3.63) is 0 Å². The number of hydrogen-bond donors (Lipinski definition) is 2. The molecule has 1 amide bonds. The minimum absolute atomic E-state index is 0.0977. The number of carbonyl (C=O) groups is 1. The molecule has 1 unspecified atom stereocenters. The van der Waals surface area contributed by atoms with Crippen LogP contribution in [0.15, 0.2) is 0 Å². The first-order valence-electron chi connectivity index (χ1n) is 5.90. The molecule has 0 bridgehead atoms. The van der Waals surface area contributed by atoms with Gasteiger partial charge >= 0.3 is 0 Å². The van der Waals surface area contributed by atoms with Gasteiger partial charge in [0.05, 0.1) is 25.3 Å². The summed E-state index contributed by atoms with van der Waals surface area (Å²) < 4.78 is 5.05. The van der Waals surface area contributed by atoms with Crippen LogP contribution in [0.2, 0.25) is 0 Å². The molecule has 86 valence electrons. The second-order valence-corrected chi connectivity index (χ2v) is 4.61. The van der Waals surface area contributed by atoms with Gasteiger partial charge < -0.3 is 10.1 Å². The summed E-state index contributed by atoms with van der Waals surface area (Å²) in [5, 5.41) is 6.34. The first-order chi connectivity index (χ1) is 7.25. The number of ether oxygens (including phenoxy) is 1. The zero-order valence-corrected chi connectivity index (χ0v) is 9.29. The van der Waals surface area contributed by atoms with Crippen molar-refractivity contribution in [3.8, 4) is 0 Å². The molecule has 2 fully saturated rings. The molecule has 2 aliphatic rings. The number of hydrogen-bond acceptors (Lipinski definition) is 3. The van der Waals surface area contributed by atoms with Crippen molar-refractivity contribution in [3.63, 3.8) is 0 Å². The van der Waals surface area contributed by atoms with Crippen molar-refractivity contribution < 1.29 is 9.53 Å². The van der Waals surface area contributed by atoms with E-state index in [-0.39, 0.29) is 11.9 Å². The summed E-state index contributed by atoms with van der Waals surface area (Å²) in [5.41, 5.74) is 0. The van der Waals surface area contributed by atoms with Crippen LogP contribution in [0.4, 0.5) is 0 Å². The first-order valence-corrected chi connectivity index (χ1v) is 5.90. The molecule has 0 radical (unpaired) electrons. The summed E-state index contributed by atoms with van der Waals surface area (Å²) >= 11 is 0. The molecule has 0 aromatic carbocycles. The van der Waals surface area contributed by atoms with Gasteiger partial charge in [-0.15, -0.1) is 0 Å². The first kappa shape index (κ1) is 10.9. The predicted octanol–water partition coefficient (Wildman–Crippen LogP) is 0.422. The third-order valence-electron chi connectivity index (χ3n) is 3.22. The van der Waals surface area contributed by atoms with Crippen molar-refractivity contribution in [2.75, 3.05) is 13.2 Å². The average Bonchev–Trinajstić information content (AvgIpc) is 2.63. The molecule has 15 heavy (non-hydrogen) atoms. The Morgan fingerprint density at radius 2 is 1.93 bits per heavy atom. The fraction of sp³-hybridized carbons (Fsp3) is 0.909. The Labute approximate surface area is 90.8 Å². The molecule has 1 aliphatic carbocycles. The second-order valence-electron chi connectivity index (χ2n) is 4.61. The Kier molecular flexibility index (Phi) is 3.59. The Balaban J connectivity index is 1.68. The van der Waals surface area contributed by atoms with Crippen molar-refractivity contribution in [2.45, 2.75) is 50.7 Å². The van der Waals surface area contributed by atoms with Crippen LogP contribution in [0, 0.1) is 0 Å². The summed E-state index contributed by atoms with van der Waals surface area (Å²) in [6, 6.07) is 0.688. The molecule has 0 spiro atoms. The molecular weight excluding hydrogens is 192 g/mol. The summed E-state index contributed by atoms with van der Waals surface area (Å²) in [5.74, 6) is 0.133. The minimum Gasteiger partial charge on any atom is -0.378 e. The van der Waals surface area contributed by atoms with Gasteiger partial charge in [0.15, 0.2) is 0 Å². The average molecular weight is 212 g/mol. The van der Waals surface area contributed by atoms with Crippen molar-refractivity contribution in [1.82, 2.24) is 10.6 Å². The van der Waals surface area contributed by atoms with Gasteiger partial charge in [0.1, 0.15) is 0 Å². The van der Waals surface area contributed by atoms with E-state index in [2.05, 4.69) is 10.6 Å². The van der Waals surface area contributed by atoms with E-state index in [1.54, 1.807) is 0 Å². The van der Waals surface area contributed by atoms with Crippen LogP contribution in [0.1, 0.15) is 32.6 Å². The van der Waals surface area contributed by atoms with Gasteiger partial charge in [-0.05, 0) is 19.8 Å². The molecule has 1 atom stereocenters. The standard InChI is InChI=1S/C11H20N2O2/c1-8(12-10-6-15-7-10)11(14)13-9-4-2-3-5-9/h8-10,12H,2-7H2,1H3,(H,13,14). The molecule has 0 aromatic heterocycles. The molecule has 1 saturated carbocycles. The summed E-state index contributed by atoms with van der Waals surface area (Å²) in [7, 11) is 0. The van der Waals surface area contributed by atoms with E-state index in [1.807, 2.05) is 6.92 Å². The minimum atomic E-state index is -0.0977. The Hall–Kier alpha value is -0.610. The lowest BCUT2D eigenvalue weighted by atomic mass is 10.2. The third-order valence-corrected chi connectivity index (χ3v) is 3.22. The van der Waals surface area contributed by atoms with Crippen molar-refractivity contribution >= 4 is 5.91 Å². The molecular formula is C11H20N2O2. The van der Waals surface area contributed by atoms with Crippen LogP contribution in [0.5, 0.6) is 0 Å². The Morgan fingerprint density at radius 3 is 2.47 bits per heavy atom. The highest BCUT2D eigenvalue weighted by atomic mass is 16.5. The topological polar surface area (TPSA) is 50.4 Å². The molecule has 4 nitrogen and oxygen atoms in total. The largest absolute Gasteiger partial charge is 0.378 e. The van der Waals surface area contributed by atoms with Crippen molar-refractivity contribution in [1.29, 1.82) is 0 Å². The van der Waals surface area contributed by atoms with Gasteiger partial charge in [0, 0.05) is 6.04 Å². The van der Waals surface area contributed by atoms with Crippen LogP contribution in [0.3, 0.4) is 0 Å². The van der Waals surface area contributed by atoms with Crippen LogP contribution in [-0.2, 0) is 9.53 Å². The van der Waals surface area contributed by atoms with E-state index in [1.165, 1.54) is 12.8 Å². The lowest BCUT2D eigenvalue weighted by molar-refractivity contribution is -0.124. The molecule has 2 rings (SSSR count). The monoisotopic (exact) mass is 212 g/mol. The predicted molar refractivity (Wildman–Crippen MR) is 57.6 cm³/mol. The van der Waals surface area contributed by atoms with E-state index < -0.39 is 0 Å². The highest BCUT2D eigenvalue weighted by Crippen LogP contribution is 2.17. The summed E-state index contributed by atoms with van der Waals surface area (Å²) in [6.45, 7) is 3.39. The van der Waals surface area contributed by atoms with Crippen LogP contribution < -0.4 is 10.6 Å². The highest BCUT2D eigenvalue weighted by Gasteiger charge is 2.25. The molecule has 1 heterocycles. The van der Waals surface area contributed by atoms with Gasteiger partial charge in [-0.2, -0.15) is 0 Å². The fourth-order valence-electron chi connectivity index (χ4n) is 2.16. The summed E-state index contributed by atoms with van der Waals surface area (Å²) in [4.78, 5) is 11.8. The SMILES string of the molecule is CC(NC1COC1)C(=O)NC1CCCC1. The molecule has 1 saturated heterocycles. The second kappa shape index (κ2) is 4.94. The van der Waals surface area contributed by atoms with Gasteiger partial charge in [0.25, 0.3) is 0 Å². The number of amides is 1. The van der Waals surface area contributed by atoms with Gasteiger partial charge in [-0.1, -0.05) is 12.8 Å². The number of rotatable bonds is 4. The van der Waals surface area contributed by atoms with E-state index in [0.717, 1.165) is 26.1 Å². The highest BCUT2D eigenvalue weighted by molar-refractivity contribution is 5.81. The molecule has 1 aliphatic heterocycles. The maximum absolute atomic E-state index is 11.8. The smallest absolute Gasteiger partial charge is 0.237 e. The lowest BCUT2D eigenvalue weighted by Gasteiger charge is -2.30. The van der Waals surface area contributed by atoms with E-state index in [4.69, 9.17) is 4.74 Å². The molecule has 4 heteroatoms. The van der Waals surface area contributed by atoms with E-state index in [9.17, 15) is 4.79 Å². The maximum atomic E-state index is 11.8. The number of nitrogens with one attached hydrogen (secondary N) is 2. The zero-order chi connectivity index (χ0) is 10.7. The van der Waals surface area contributed by atoms with Gasteiger partial charge in [0.2, 0.25) is 5.91 Å². The fourth-order valence-corrected chi connectivity index (χ4v) is 2.16. The molecule has 2 N–H and O–H groups in total. The third kappa shape index (κ3) is 2.92. The van der Waals surface area contributed by atoms with Gasteiger partial charge in [-0.3, -0.25) is 10.1 Å². The van der Waals surface area contributed by atoms with E-state index >= 15 is 0 Å². The number of carbonyl (C=O) groups excluding carboxylic acids is 1. The quantitative estimate of drug-likeness (QED) is 0.710. The zero-order valence-electron chi connectivity index (χ0n) is 9.29. The Bertz CT molecular complexity index is 223. The normalized spacial score (nSPS) is 24.9. The lowest BCUT2D eigenvalue weighted by Crippen LogP contribution is -2.55. The van der Waals surface area contributed by atoms with Crippen LogP contribution in [0.25, 0.3) is 0 Å².